The fourth-order valence-electron chi connectivity index (χ4n) is 6.77. The summed E-state index contributed by atoms with van der Waals surface area (Å²) in [5.41, 5.74) is 0. The van der Waals surface area contributed by atoms with E-state index in [1.807, 2.05) is 0 Å². The van der Waals surface area contributed by atoms with Gasteiger partial charge in [0.1, 0.15) is 37.6 Å². The van der Waals surface area contributed by atoms with Crippen LogP contribution in [0.4, 0.5) is 0 Å². The van der Waals surface area contributed by atoms with Gasteiger partial charge >= 0.3 is 59.7 Å². The van der Waals surface area contributed by atoms with Gasteiger partial charge in [-0.3, -0.25) is 47.9 Å². The van der Waals surface area contributed by atoms with Gasteiger partial charge in [0, 0.05) is 69.2 Å². The number of carbonyl (C=O) groups excluding carboxylic acids is 10. The Kier molecular flexibility index (Phi) is 20.3. The summed E-state index contributed by atoms with van der Waals surface area (Å²) >= 11 is 3.29. The molecule has 25 nitrogen and oxygen atoms in total. The lowest BCUT2D eigenvalue weighted by molar-refractivity contribution is -0.345. The van der Waals surface area contributed by atoms with Crippen LogP contribution < -0.4 is 0 Å². The van der Waals surface area contributed by atoms with E-state index < -0.39 is 170 Å². The van der Waals surface area contributed by atoms with Crippen molar-refractivity contribution < 1.29 is 119 Å². The summed E-state index contributed by atoms with van der Waals surface area (Å²) in [6.45, 7) is 8.31. The van der Waals surface area contributed by atoms with Crippen molar-refractivity contribution in [3.63, 3.8) is 0 Å². The molecule has 0 aromatic rings. The second-order valence-electron chi connectivity index (χ2n) is 14.2. The molecule has 0 aliphatic carbocycles. The Balaban J connectivity index is 2.16. The fraction of sp³-hybridized carbons (Fsp3) is 0.737. The molecule has 360 valence electrons. The summed E-state index contributed by atoms with van der Waals surface area (Å²) in [5.74, 6) is -9.01. The van der Waals surface area contributed by atoms with Crippen LogP contribution in [0, 0.1) is 0 Å². The molecule has 0 N–H and O–H groups in total. The first-order valence-electron chi connectivity index (χ1n) is 19.4. The van der Waals surface area contributed by atoms with E-state index in [4.69, 9.17) is 71.1 Å². The minimum atomic E-state index is -1.90. The monoisotopic (exact) mass is 986 g/mol. The smallest absolute Gasteiger partial charge is 0.303 e. The minimum absolute atomic E-state index is 0.590. The molecule has 64 heavy (non-hydrogen) atoms. The lowest BCUT2D eigenvalue weighted by Crippen LogP contribution is -2.67. The predicted octanol–water partition coefficient (Wildman–Crippen LogP) is -0.462. The third-order valence-corrected chi connectivity index (χ3v) is 9.53. The zero-order valence-corrected chi connectivity index (χ0v) is 38.0. The van der Waals surface area contributed by atoms with Crippen LogP contribution in [0.3, 0.4) is 0 Å². The molecule has 0 aromatic carbocycles. The Morgan fingerprint density at radius 2 is 0.641 bits per heavy atom. The first-order valence-corrected chi connectivity index (χ1v) is 20.3. The number of esters is 10. The average molecular weight is 988 g/mol. The van der Waals surface area contributed by atoms with Gasteiger partial charge < -0.3 is 71.1 Å². The van der Waals surface area contributed by atoms with E-state index >= 15 is 0 Å². The summed E-state index contributed by atoms with van der Waals surface area (Å²) in [6.07, 6.45) is -22.9. The van der Waals surface area contributed by atoms with Crippen LogP contribution >= 0.6 is 15.9 Å². The maximum Gasteiger partial charge on any atom is 0.303 e. The molecule has 3 aliphatic rings. The van der Waals surface area contributed by atoms with E-state index in [2.05, 4.69) is 15.9 Å². The first kappa shape index (κ1) is 53.3. The molecule has 3 saturated heterocycles. The van der Waals surface area contributed by atoms with Gasteiger partial charge in [-0.05, 0) is 0 Å². The number of hydrogen-bond acceptors (Lipinski definition) is 25. The van der Waals surface area contributed by atoms with Gasteiger partial charge in [-0.15, -0.1) is 0 Å². The maximum absolute atomic E-state index is 12.8. The van der Waals surface area contributed by atoms with Crippen molar-refractivity contribution in [1.82, 2.24) is 0 Å². The van der Waals surface area contributed by atoms with Crippen LogP contribution in [0.1, 0.15) is 69.2 Å². The van der Waals surface area contributed by atoms with Crippen LogP contribution in [0.25, 0.3) is 0 Å². The van der Waals surface area contributed by atoms with Crippen molar-refractivity contribution in [3.05, 3.63) is 0 Å². The third-order valence-electron chi connectivity index (χ3n) is 8.79. The van der Waals surface area contributed by atoms with E-state index in [9.17, 15) is 47.9 Å². The zero-order chi connectivity index (χ0) is 48.2. The summed E-state index contributed by atoms with van der Waals surface area (Å²) < 4.78 is 84.8. The number of alkyl halides is 1. The second kappa shape index (κ2) is 24.3. The van der Waals surface area contributed by atoms with E-state index in [1.54, 1.807) is 0 Å². The summed E-state index contributed by atoms with van der Waals surface area (Å²) in [4.78, 5) is 123. The van der Waals surface area contributed by atoms with Gasteiger partial charge in [-0.25, -0.2) is 0 Å². The van der Waals surface area contributed by atoms with Gasteiger partial charge in [0.25, 0.3) is 0 Å². The number of carbonyl (C=O) groups is 10. The highest BCUT2D eigenvalue weighted by Gasteiger charge is 2.58. The Morgan fingerprint density at radius 1 is 0.344 bits per heavy atom. The molecular weight excluding hydrogens is 936 g/mol. The average Bonchev–Trinajstić information content (AvgIpc) is 3.14. The number of ether oxygens (including phenoxy) is 15. The van der Waals surface area contributed by atoms with E-state index in [1.165, 1.54) is 0 Å². The van der Waals surface area contributed by atoms with Gasteiger partial charge in [-0.1, -0.05) is 15.9 Å². The lowest BCUT2D eigenvalue weighted by Gasteiger charge is -2.48. The zero-order valence-electron chi connectivity index (χ0n) is 36.4. The van der Waals surface area contributed by atoms with E-state index in [0.717, 1.165) is 69.2 Å². The van der Waals surface area contributed by atoms with E-state index in [-0.39, 0.29) is 0 Å². The van der Waals surface area contributed by atoms with Gasteiger partial charge in [0.05, 0.1) is 6.61 Å². The molecule has 3 fully saturated rings. The Bertz CT molecular complexity index is 1740. The van der Waals surface area contributed by atoms with Crippen LogP contribution in [0.5, 0.6) is 0 Å². The first-order chi connectivity index (χ1) is 29.9. The summed E-state index contributed by atoms with van der Waals surface area (Å²) in [6, 6.07) is 0. The van der Waals surface area contributed by atoms with Gasteiger partial charge in [0.2, 0.25) is 0 Å². The van der Waals surface area contributed by atoms with Gasteiger partial charge in [0.15, 0.2) is 66.4 Å². The third kappa shape index (κ3) is 15.9. The molecule has 3 rings (SSSR count). The van der Waals surface area contributed by atoms with E-state index in [0.29, 0.717) is 0 Å². The van der Waals surface area contributed by atoms with Crippen molar-refractivity contribution in [1.29, 1.82) is 0 Å². The number of halogens is 1. The van der Waals surface area contributed by atoms with Crippen molar-refractivity contribution >= 4 is 75.6 Å². The highest BCUT2D eigenvalue weighted by molar-refractivity contribution is 9.09. The lowest BCUT2D eigenvalue weighted by atomic mass is 9.96. The SMILES string of the molecule is CC(=O)OCC1OC(OCC2OC(Br)C(OC(C)=O)C(OC3OC(COC(C)=O)C(OC(C)=O)C(OC(C)=O)C3OC(C)=O)C2OC(C)=O)C(OC(C)=O)C(OC(C)=O)C1OC(C)=O. The maximum atomic E-state index is 12.8. The van der Waals surface area contributed by atoms with Crippen molar-refractivity contribution in [2.24, 2.45) is 0 Å². The highest BCUT2D eigenvalue weighted by atomic mass is 79.9. The highest BCUT2D eigenvalue weighted by Crippen LogP contribution is 2.37. The molecule has 0 spiro atoms. The summed E-state index contributed by atoms with van der Waals surface area (Å²) in [5, 5.41) is -1.36. The van der Waals surface area contributed by atoms with Crippen LogP contribution in [-0.2, 0) is 119 Å². The molecule has 15 atom stereocenters. The fourth-order valence-corrected chi connectivity index (χ4v) is 7.46. The number of rotatable bonds is 17. The molecule has 0 bridgehead atoms. The largest absolute Gasteiger partial charge is 0.463 e. The minimum Gasteiger partial charge on any atom is -0.463 e. The molecule has 3 aliphatic heterocycles. The summed E-state index contributed by atoms with van der Waals surface area (Å²) in [7, 11) is 0. The van der Waals surface area contributed by atoms with Crippen molar-refractivity contribution in [3.8, 4) is 0 Å². The van der Waals surface area contributed by atoms with Crippen LogP contribution in [0.2, 0.25) is 0 Å². The molecule has 0 saturated carbocycles. The Morgan fingerprint density at radius 3 is 1.02 bits per heavy atom. The van der Waals surface area contributed by atoms with Gasteiger partial charge in [-0.2, -0.15) is 0 Å². The number of hydrogen-bond donors (Lipinski definition) is 0. The van der Waals surface area contributed by atoms with Crippen molar-refractivity contribution in [2.75, 3.05) is 19.8 Å². The molecule has 0 aromatic heterocycles. The topological polar surface area (TPSA) is 309 Å². The Hall–Kier alpha value is -5.02. The molecular formula is C38H51BrO25. The second-order valence-corrected chi connectivity index (χ2v) is 15.1. The molecule has 15 unspecified atom stereocenters. The molecule has 0 radical (unpaired) electrons. The molecule has 0 amide bonds. The standard InChI is InChI=1S/C38H51BrO25/c1-14(40)50-11-25-28(54-17(4)43)31(56-19(6)45)34(59-22(9)48)37(62-25)52-13-24-27(53-16(3)42)30(33(36(39)61-24)58-21(8)47)64-38-35(60-23(10)49)32(57-20(7)46)29(55-18(5)44)26(63-38)12-51-15(2)41/h24-38H,11-13H2,1-10H3. The van der Waals surface area contributed by atoms with Crippen molar-refractivity contribution in [2.45, 2.75) is 160 Å². The molecule has 3 heterocycles. The quantitative estimate of drug-likeness (QED) is 0.101. The Labute approximate surface area is 373 Å². The van der Waals surface area contributed by atoms with Crippen LogP contribution in [0.15, 0.2) is 0 Å². The van der Waals surface area contributed by atoms with Crippen LogP contribution in [-0.4, -0.2) is 170 Å². The predicted molar refractivity (Wildman–Crippen MR) is 203 cm³/mol. The normalized spacial score (nSPS) is 32.3. The molecule has 26 heteroatoms.